The average molecular weight is 322 g/mol. The maximum Gasteiger partial charge on any atom is 0.245 e. The number of carbonyl (C=O) groups excluding carboxylic acids is 1. The second-order valence-electron chi connectivity index (χ2n) is 6.62. The molecule has 3 rings (SSSR count). The van der Waals surface area contributed by atoms with E-state index >= 15 is 0 Å². The van der Waals surface area contributed by atoms with Crippen molar-refractivity contribution in [3.8, 4) is 0 Å². The molecular weight excluding hydrogens is 300 g/mol. The summed E-state index contributed by atoms with van der Waals surface area (Å²) in [5, 5.41) is 0. The van der Waals surface area contributed by atoms with Crippen LogP contribution in [0.3, 0.4) is 0 Å². The lowest BCUT2D eigenvalue weighted by Crippen LogP contribution is -2.47. The number of sulfonamides is 1. The third-order valence-electron chi connectivity index (χ3n) is 5.31. The monoisotopic (exact) mass is 322 g/mol. The highest BCUT2D eigenvalue weighted by atomic mass is 32.2. The number of nitrogens with two attached hydrogens (primary N) is 1. The van der Waals surface area contributed by atoms with Crippen LogP contribution in [0.1, 0.15) is 20.3 Å². The van der Waals surface area contributed by atoms with E-state index in [-0.39, 0.29) is 34.1 Å². The van der Waals surface area contributed by atoms with Crippen molar-refractivity contribution in [2.45, 2.75) is 25.2 Å². The van der Waals surface area contributed by atoms with Gasteiger partial charge in [0.05, 0.1) is 5.69 Å². The number of benzene rings is 1. The Labute approximate surface area is 131 Å². The molecule has 4 atom stereocenters. The van der Waals surface area contributed by atoms with Gasteiger partial charge in [-0.25, -0.2) is 8.42 Å². The van der Waals surface area contributed by atoms with Gasteiger partial charge in [0.15, 0.2) is 0 Å². The summed E-state index contributed by atoms with van der Waals surface area (Å²) < 4.78 is 27.3. The van der Waals surface area contributed by atoms with Crippen LogP contribution in [-0.2, 0) is 14.8 Å². The first-order valence-corrected chi connectivity index (χ1v) is 9.13. The third kappa shape index (κ3) is 2.34. The van der Waals surface area contributed by atoms with Gasteiger partial charge in [-0.1, -0.05) is 26.0 Å². The third-order valence-corrected chi connectivity index (χ3v) is 7.22. The molecule has 1 aromatic rings. The number of nitrogen functional groups attached to an aromatic ring is 1. The number of hydrogen-bond donors (Lipinski definition) is 1. The number of piperidine rings is 1. The standard InChI is InChI=1S/C16H22N2O3S/c1-10-8-18(9-13-11(2)15(19)7-12(10)13)22(20,21)16-6-4-3-5-14(16)17/h3-6,10-13H,7-9,17H2,1-2H3/t10-,11?,12+,13+/m0/s1. The molecule has 2 N–H and O–H groups in total. The largest absolute Gasteiger partial charge is 0.398 e. The molecule has 0 spiro atoms. The number of nitrogens with zero attached hydrogens (tertiary/aromatic N) is 1. The SMILES string of the molecule is CC1C(=O)C[C@H]2[C@@H]1CN(S(=O)(=O)c1ccccc1N)C[C@@H]2C. The van der Waals surface area contributed by atoms with E-state index in [4.69, 9.17) is 5.73 Å². The van der Waals surface area contributed by atoms with Gasteiger partial charge in [-0.05, 0) is 29.9 Å². The molecule has 1 saturated heterocycles. The van der Waals surface area contributed by atoms with Crippen molar-refractivity contribution in [3.05, 3.63) is 24.3 Å². The summed E-state index contributed by atoms with van der Waals surface area (Å²) in [5.41, 5.74) is 6.12. The second-order valence-corrected chi connectivity index (χ2v) is 8.53. The molecule has 120 valence electrons. The molecule has 0 aromatic heterocycles. The fourth-order valence-electron chi connectivity index (χ4n) is 3.91. The lowest BCUT2D eigenvalue weighted by atomic mass is 9.79. The first kappa shape index (κ1) is 15.5. The van der Waals surface area contributed by atoms with Crippen LogP contribution in [0.25, 0.3) is 0 Å². The molecule has 1 aliphatic heterocycles. The Morgan fingerprint density at radius 2 is 1.82 bits per heavy atom. The minimum absolute atomic E-state index is 0.0569. The van der Waals surface area contributed by atoms with Crippen LogP contribution < -0.4 is 5.73 Å². The van der Waals surface area contributed by atoms with Gasteiger partial charge in [0.1, 0.15) is 10.7 Å². The number of Topliss-reactive ketones (excluding diaryl/α,β-unsaturated/α-hetero) is 1. The summed E-state index contributed by atoms with van der Waals surface area (Å²) in [4.78, 5) is 12.1. The lowest BCUT2D eigenvalue weighted by molar-refractivity contribution is -0.120. The van der Waals surface area contributed by atoms with Crippen LogP contribution in [0.15, 0.2) is 29.2 Å². The smallest absolute Gasteiger partial charge is 0.245 e. The Bertz CT molecular complexity index is 701. The first-order chi connectivity index (χ1) is 10.3. The Morgan fingerprint density at radius 1 is 1.14 bits per heavy atom. The van der Waals surface area contributed by atoms with Crippen LogP contribution in [0.5, 0.6) is 0 Å². The molecule has 1 saturated carbocycles. The molecule has 2 aliphatic rings. The fourth-order valence-corrected chi connectivity index (χ4v) is 5.61. The van der Waals surface area contributed by atoms with Crippen LogP contribution in [-0.4, -0.2) is 31.6 Å². The van der Waals surface area contributed by atoms with Crippen molar-refractivity contribution in [1.29, 1.82) is 0 Å². The van der Waals surface area contributed by atoms with Gasteiger partial charge in [0.2, 0.25) is 10.0 Å². The highest BCUT2D eigenvalue weighted by Crippen LogP contribution is 2.44. The Balaban J connectivity index is 1.93. The Kier molecular flexibility index (Phi) is 3.77. The van der Waals surface area contributed by atoms with E-state index in [0.717, 1.165) is 0 Å². The molecule has 5 nitrogen and oxygen atoms in total. The Hall–Kier alpha value is -1.40. The zero-order valence-corrected chi connectivity index (χ0v) is 13.7. The summed E-state index contributed by atoms with van der Waals surface area (Å²) in [6, 6.07) is 6.55. The maximum absolute atomic E-state index is 12.9. The van der Waals surface area contributed by atoms with E-state index in [1.54, 1.807) is 24.3 Å². The lowest BCUT2D eigenvalue weighted by Gasteiger charge is -2.39. The van der Waals surface area contributed by atoms with Gasteiger partial charge >= 0.3 is 0 Å². The van der Waals surface area contributed by atoms with Crippen molar-refractivity contribution in [2.24, 2.45) is 23.7 Å². The number of fused-ring (bicyclic) bond motifs is 1. The van der Waals surface area contributed by atoms with E-state index in [0.29, 0.717) is 25.4 Å². The molecule has 1 unspecified atom stereocenters. The zero-order chi connectivity index (χ0) is 16.1. The zero-order valence-electron chi connectivity index (χ0n) is 12.9. The van der Waals surface area contributed by atoms with Crippen molar-refractivity contribution in [2.75, 3.05) is 18.8 Å². The molecule has 0 radical (unpaired) electrons. The van der Waals surface area contributed by atoms with E-state index in [1.807, 2.05) is 13.8 Å². The number of hydrogen-bond acceptors (Lipinski definition) is 4. The number of rotatable bonds is 2. The molecule has 6 heteroatoms. The van der Waals surface area contributed by atoms with Crippen LogP contribution in [0.4, 0.5) is 5.69 Å². The second kappa shape index (κ2) is 5.35. The minimum Gasteiger partial charge on any atom is -0.398 e. The fraction of sp³-hybridized carbons (Fsp3) is 0.562. The highest BCUT2D eigenvalue weighted by molar-refractivity contribution is 7.89. The highest BCUT2D eigenvalue weighted by Gasteiger charge is 2.48. The van der Waals surface area contributed by atoms with E-state index in [9.17, 15) is 13.2 Å². The quantitative estimate of drug-likeness (QED) is 0.841. The molecule has 1 aliphatic carbocycles. The summed E-state index contributed by atoms with van der Waals surface area (Å²) in [7, 11) is -3.61. The Morgan fingerprint density at radius 3 is 2.50 bits per heavy atom. The van der Waals surface area contributed by atoms with E-state index in [1.165, 1.54) is 4.31 Å². The van der Waals surface area contributed by atoms with E-state index < -0.39 is 10.0 Å². The number of para-hydroxylation sites is 1. The van der Waals surface area contributed by atoms with Crippen molar-refractivity contribution in [3.63, 3.8) is 0 Å². The van der Waals surface area contributed by atoms with Gasteiger partial charge in [-0.2, -0.15) is 4.31 Å². The predicted molar refractivity (Wildman–Crippen MR) is 84.5 cm³/mol. The summed E-state index contributed by atoms with van der Waals surface area (Å²) in [5.74, 6) is 0.823. The van der Waals surface area contributed by atoms with Crippen LogP contribution >= 0.6 is 0 Å². The van der Waals surface area contributed by atoms with Gasteiger partial charge in [0.25, 0.3) is 0 Å². The summed E-state index contributed by atoms with van der Waals surface area (Å²) in [6.07, 6.45) is 0.592. The summed E-state index contributed by atoms with van der Waals surface area (Å²) in [6.45, 7) is 4.84. The molecule has 2 fully saturated rings. The van der Waals surface area contributed by atoms with Gasteiger partial charge in [-0.3, -0.25) is 4.79 Å². The molecule has 0 amide bonds. The van der Waals surface area contributed by atoms with Crippen molar-refractivity contribution < 1.29 is 13.2 Å². The van der Waals surface area contributed by atoms with Crippen LogP contribution in [0.2, 0.25) is 0 Å². The predicted octanol–water partition coefficient (Wildman–Crippen LogP) is 1.75. The average Bonchev–Trinajstić information content (AvgIpc) is 2.76. The van der Waals surface area contributed by atoms with Gasteiger partial charge in [-0.15, -0.1) is 0 Å². The molecule has 1 heterocycles. The minimum atomic E-state index is -3.61. The molecule has 22 heavy (non-hydrogen) atoms. The molecule has 0 bridgehead atoms. The first-order valence-electron chi connectivity index (χ1n) is 7.69. The van der Waals surface area contributed by atoms with E-state index in [2.05, 4.69) is 0 Å². The van der Waals surface area contributed by atoms with Gasteiger partial charge < -0.3 is 5.73 Å². The maximum atomic E-state index is 12.9. The summed E-state index contributed by atoms with van der Waals surface area (Å²) >= 11 is 0. The van der Waals surface area contributed by atoms with Crippen molar-refractivity contribution in [1.82, 2.24) is 4.31 Å². The van der Waals surface area contributed by atoms with Gasteiger partial charge in [0, 0.05) is 25.4 Å². The molecular formula is C16H22N2O3S. The topological polar surface area (TPSA) is 80.5 Å². The van der Waals surface area contributed by atoms with Crippen molar-refractivity contribution >= 4 is 21.5 Å². The molecule has 1 aromatic carbocycles. The number of anilines is 1. The number of ketones is 1. The van der Waals surface area contributed by atoms with Crippen LogP contribution in [0, 0.1) is 23.7 Å². The normalized spacial score (nSPS) is 32.9. The number of carbonyl (C=O) groups is 1.